The molecule has 6 nitrogen and oxygen atoms in total. The number of anilines is 1. The van der Waals surface area contributed by atoms with Gasteiger partial charge >= 0.3 is 0 Å². The van der Waals surface area contributed by atoms with Crippen LogP contribution in [-0.2, 0) is 14.3 Å². The van der Waals surface area contributed by atoms with E-state index >= 15 is 0 Å². The third kappa shape index (κ3) is 5.28. The Morgan fingerprint density at radius 1 is 1.48 bits per heavy atom. The highest BCUT2D eigenvalue weighted by molar-refractivity contribution is 7.13. The van der Waals surface area contributed by atoms with E-state index in [9.17, 15) is 9.59 Å². The van der Waals surface area contributed by atoms with Crippen molar-refractivity contribution in [3.63, 3.8) is 0 Å². The maximum atomic E-state index is 12.7. The normalized spacial score (nSPS) is 17.4. The monoisotopic (exact) mass is 339 g/mol. The van der Waals surface area contributed by atoms with E-state index in [2.05, 4.69) is 10.3 Å². The minimum atomic E-state index is -0.211. The molecule has 1 aliphatic rings. The molecule has 1 saturated heterocycles. The summed E-state index contributed by atoms with van der Waals surface area (Å²) in [5.74, 6) is -0.207. The average molecular weight is 339 g/mol. The van der Waals surface area contributed by atoms with Crippen molar-refractivity contribution in [1.29, 1.82) is 0 Å². The Morgan fingerprint density at radius 3 is 2.83 bits per heavy atom. The molecule has 1 aromatic rings. The molecule has 0 aliphatic carbocycles. The summed E-state index contributed by atoms with van der Waals surface area (Å²) in [4.78, 5) is 30.6. The Balaban J connectivity index is 1.99. The first kappa shape index (κ1) is 17.9. The second-order valence-electron chi connectivity index (χ2n) is 5.75. The van der Waals surface area contributed by atoms with Crippen LogP contribution in [0.25, 0.3) is 0 Å². The number of rotatable bonds is 8. The Morgan fingerprint density at radius 2 is 2.26 bits per heavy atom. The number of amides is 2. The zero-order valence-corrected chi connectivity index (χ0v) is 14.6. The zero-order valence-electron chi connectivity index (χ0n) is 13.8. The van der Waals surface area contributed by atoms with E-state index in [4.69, 9.17) is 4.74 Å². The van der Waals surface area contributed by atoms with Gasteiger partial charge in [-0.25, -0.2) is 4.98 Å². The molecule has 1 fully saturated rings. The van der Waals surface area contributed by atoms with Crippen molar-refractivity contribution in [2.24, 2.45) is 5.92 Å². The second kappa shape index (κ2) is 8.98. The largest absolute Gasteiger partial charge is 0.376 e. The van der Waals surface area contributed by atoms with E-state index < -0.39 is 0 Å². The number of aromatic nitrogens is 1. The second-order valence-corrected chi connectivity index (χ2v) is 6.65. The van der Waals surface area contributed by atoms with Crippen molar-refractivity contribution in [2.75, 3.05) is 25.0 Å². The van der Waals surface area contributed by atoms with Crippen LogP contribution in [0.5, 0.6) is 0 Å². The smallest absolute Gasteiger partial charge is 0.245 e. The van der Waals surface area contributed by atoms with Gasteiger partial charge in [-0.05, 0) is 25.7 Å². The highest BCUT2D eigenvalue weighted by Crippen LogP contribution is 2.18. The highest BCUT2D eigenvalue weighted by atomic mass is 32.1. The molecule has 1 aromatic heterocycles. The molecule has 128 valence electrons. The molecule has 0 spiro atoms. The molecule has 1 aliphatic heterocycles. The molecular weight excluding hydrogens is 314 g/mol. The number of hydrogen-bond donors (Lipinski definition) is 1. The lowest BCUT2D eigenvalue weighted by molar-refractivity contribution is -0.140. The molecule has 2 heterocycles. The summed E-state index contributed by atoms with van der Waals surface area (Å²) < 4.78 is 5.63. The van der Waals surface area contributed by atoms with Crippen LogP contribution in [0.2, 0.25) is 0 Å². The minimum absolute atomic E-state index is 0.0379. The average Bonchev–Trinajstić information content (AvgIpc) is 3.21. The first-order valence-electron chi connectivity index (χ1n) is 8.23. The minimum Gasteiger partial charge on any atom is -0.376 e. The third-order valence-corrected chi connectivity index (χ3v) is 4.80. The van der Waals surface area contributed by atoms with Gasteiger partial charge in [0, 0.05) is 30.6 Å². The fraction of sp³-hybridized carbons (Fsp3) is 0.688. The Bertz CT molecular complexity index is 497. The van der Waals surface area contributed by atoms with Gasteiger partial charge in [-0.2, -0.15) is 0 Å². The molecule has 0 radical (unpaired) electrons. The van der Waals surface area contributed by atoms with Gasteiger partial charge in [0.2, 0.25) is 11.8 Å². The van der Waals surface area contributed by atoms with Gasteiger partial charge in [0.25, 0.3) is 0 Å². The molecular formula is C16H25N3O3S. The van der Waals surface area contributed by atoms with Gasteiger partial charge in [0.15, 0.2) is 5.13 Å². The maximum absolute atomic E-state index is 12.7. The number of ether oxygens (including phenoxy) is 1. The number of nitrogens with one attached hydrogen (secondary N) is 1. The summed E-state index contributed by atoms with van der Waals surface area (Å²) in [6.45, 7) is 5.29. The Kier molecular flexibility index (Phi) is 6.98. The van der Waals surface area contributed by atoms with Gasteiger partial charge in [-0.15, -0.1) is 11.3 Å². The summed E-state index contributed by atoms with van der Waals surface area (Å²) in [6, 6.07) is 0. The van der Waals surface area contributed by atoms with Crippen molar-refractivity contribution in [3.05, 3.63) is 11.6 Å². The van der Waals surface area contributed by atoms with Crippen LogP contribution < -0.4 is 5.32 Å². The van der Waals surface area contributed by atoms with E-state index in [0.717, 1.165) is 32.3 Å². The maximum Gasteiger partial charge on any atom is 0.245 e. The van der Waals surface area contributed by atoms with Crippen molar-refractivity contribution < 1.29 is 14.3 Å². The lowest BCUT2D eigenvalue weighted by Crippen LogP contribution is -2.44. The Labute approximate surface area is 141 Å². The molecule has 2 rings (SSSR count). The highest BCUT2D eigenvalue weighted by Gasteiger charge is 2.27. The van der Waals surface area contributed by atoms with Crippen molar-refractivity contribution in [2.45, 2.75) is 45.6 Å². The zero-order chi connectivity index (χ0) is 16.7. The molecule has 0 bridgehead atoms. The van der Waals surface area contributed by atoms with E-state index in [1.807, 2.05) is 13.8 Å². The first-order valence-corrected chi connectivity index (χ1v) is 9.11. The van der Waals surface area contributed by atoms with Crippen molar-refractivity contribution in [1.82, 2.24) is 9.88 Å². The summed E-state index contributed by atoms with van der Waals surface area (Å²) in [5.41, 5.74) is 0. The fourth-order valence-electron chi connectivity index (χ4n) is 2.78. The number of hydrogen-bond acceptors (Lipinski definition) is 5. The van der Waals surface area contributed by atoms with Gasteiger partial charge in [-0.1, -0.05) is 13.8 Å². The quantitative estimate of drug-likeness (QED) is 0.790. The molecule has 7 heteroatoms. The van der Waals surface area contributed by atoms with E-state index in [0.29, 0.717) is 11.7 Å². The summed E-state index contributed by atoms with van der Waals surface area (Å²) in [6.07, 6.45) is 5.21. The van der Waals surface area contributed by atoms with Crippen LogP contribution >= 0.6 is 11.3 Å². The lowest BCUT2D eigenvalue weighted by Gasteiger charge is -2.28. The van der Waals surface area contributed by atoms with Crippen molar-refractivity contribution >= 4 is 28.3 Å². The lowest BCUT2D eigenvalue weighted by atomic mass is 10.0. The van der Waals surface area contributed by atoms with Crippen LogP contribution in [0.1, 0.15) is 39.5 Å². The van der Waals surface area contributed by atoms with Gasteiger partial charge in [0.05, 0.1) is 6.10 Å². The number of thiazole rings is 1. The van der Waals surface area contributed by atoms with Crippen LogP contribution in [0, 0.1) is 5.92 Å². The molecule has 0 saturated carbocycles. The molecule has 2 amide bonds. The molecule has 1 N–H and O–H groups in total. The van der Waals surface area contributed by atoms with Gasteiger partial charge in [-0.3, -0.25) is 9.59 Å². The van der Waals surface area contributed by atoms with Crippen LogP contribution in [0.3, 0.4) is 0 Å². The Hall–Kier alpha value is -1.47. The van der Waals surface area contributed by atoms with Crippen LogP contribution in [-0.4, -0.2) is 47.5 Å². The van der Waals surface area contributed by atoms with Crippen LogP contribution in [0.4, 0.5) is 5.13 Å². The molecule has 1 unspecified atom stereocenters. The number of nitrogens with zero attached hydrogens (tertiary/aromatic N) is 2. The predicted octanol–water partition coefficient (Wildman–Crippen LogP) is 2.53. The molecule has 0 aromatic carbocycles. The summed E-state index contributed by atoms with van der Waals surface area (Å²) in [5, 5.41) is 5.10. The molecule has 1 atom stereocenters. The first-order chi connectivity index (χ1) is 11.1. The number of carbonyl (C=O) groups excluding carboxylic acids is 2. The summed E-state index contributed by atoms with van der Waals surface area (Å²) in [7, 11) is 0. The predicted molar refractivity (Wildman–Crippen MR) is 90.4 cm³/mol. The van der Waals surface area contributed by atoms with Gasteiger partial charge in [0.1, 0.15) is 6.54 Å². The van der Waals surface area contributed by atoms with Crippen molar-refractivity contribution in [3.8, 4) is 0 Å². The van der Waals surface area contributed by atoms with Crippen LogP contribution in [0.15, 0.2) is 11.6 Å². The SMILES string of the molecule is CCC(CC)C(=O)N(CC(=O)Nc1nccs1)CC1CCCO1. The van der Waals surface area contributed by atoms with E-state index in [-0.39, 0.29) is 30.4 Å². The standard InChI is InChI=1S/C16H25N3O3S/c1-3-12(4-2)15(21)19(10-13-6-5-8-22-13)11-14(20)18-16-17-7-9-23-16/h7,9,12-13H,3-6,8,10-11H2,1-2H3,(H,17,18,20). The third-order valence-electron chi connectivity index (χ3n) is 4.11. The van der Waals surface area contributed by atoms with E-state index in [1.54, 1.807) is 16.5 Å². The fourth-order valence-corrected chi connectivity index (χ4v) is 3.33. The summed E-state index contributed by atoms with van der Waals surface area (Å²) >= 11 is 1.36. The topological polar surface area (TPSA) is 71.5 Å². The van der Waals surface area contributed by atoms with E-state index in [1.165, 1.54) is 11.3 Å². The van der Waals surface area contributed by atoms with Gasteiger partial charge < -0.3 is 15.0 Å². The molecule has 23 heavy (non-hydrogen) atoms. The number of carbonyl (C=O) groups is 2.